The van der Waals surface area contributed by atoms with Crippen LogP contribution in [0.25, 0.3) is 0 Å². The second kappa shape index (κ2) is 6.37. The first-order valence-corrected chi connectivity index (χ1v) is 7.52. The Bertz CT molecular complexity index is 594. The molecule has 0 radical (unpaired) electrons. The van der Waals surface area contributed by atoms with Gasteiger partial charge in [-0.25, -0.2) is 4.39 Å². The summed E-state index contributed by atoms with van der Waals surface area (Å²) >= 11 is 1.74. The number of nitrogens with one attached hydrogen (secondary N) is 1. The van der Waals surface area contributed by atoms with E-state index in [1.807, 2.05) is 6.92 Å². The van der Waals surface area contributed by atoms with E-state index in [2.05, 4.69) is 25.2 Å². The fourth-order valence-corrected chi connectivity index (χ4v) is 3.36. The molecule has 2 nitrogen and oxygen atoms in total. The van der Waals surface area contributed by atoms with Crippen molar-refractivity contribution < 1.29 is 9.13 Å². The van der Waals surface area contributed by atoms with Crippen molar-refractivity contribution >= 4 is 11.3 Å². The summed E-state index contributed by atoms with van der Waals surface area (Å²) in [5, 5.41) is 3.37. The van der Waals surface area contributed by atoms with E-state index in [4.69, 9.17) is 4.74 Å². The van der Waals surface area contributed by atoms with E-state index in [1.165, 1.54) is 15.8 Å². The van der Waals surface area contributed by atoms with Crippen LogP contribution < -0.4 is 10.1 Å². The molecule has 0 saturated heterocycles. The van der Waals surface area contributed by atoms with Gasteiger partial charge < -0.3 is 10.1 Å². The minimum atomic E-state index is -0.237. The molecule has 1 aromatic carbocycles. The molecule has 1 unspecified atom stereocenters. The lowest BCUT2D eigenvalue weighted by Gasteiger charge is -2.19. The Morgan fingerprint density at radius 3 is 2.50 bits per heavy atom. The Morgan fingerprint density at radius 2 is 2.00 bits per heavy atom. The number of thiophene rings is 1. The molecule has 1 heterocycles. The standard InChI is InChI=1S/C16H20FNOS/c1-5-18-16(14-8-10(2)20-11(14)3)13-7-6-12(19-4)9-15(13)17/h6-9,16,18H,5H2,1-4H3. The lowest BCUT2D eigenvalue weighted by molar-refractivity contribution is 0.410. The maximum absolute atomic E-state index is 14.3. The maximum Gasteiger partial charge on any atom is 0.132 e. The fourth-order valence-electron chi connectivity index (χ4n) is 2.40. The molecular weight excluding hydrogens is 273 g/mol. The molecule has 0 amide bonds. The summed E-state index contributed by atoms with van der Waals surface area (Å²) in [6.07, 6.45) is 0. The van der Waals surface area contributed by atoms with Gasteiger partial charge in [0.1, 0.15) is 11.6 Å². The predicted octanol–water partition coefficient (Wildman–Crippen LogP) is 4.21. The molecular formula is C16H20FNOS. The van der Waals surface area contributed by atoms with Gasteiger partial charge in [-0.2, -0.15) is 0 Å². The smallest absolute Gasteiger partial charge is 0.132 e. The third kappa shape index (κ3) is 3.02. The van der Waals surface area contributed by atoms with Gasteiger partial charge >= 0.3 is 0 Å². The number of methoxy groups -OCH3 is 1. The van der Waals surface area contributed by atoms with Gasteiger partial charge in [0.2, 0.25) is 0 Å². The lowest BCUT2D eigenvalue weighted by Crippen LogP contribution is -2.23. The van der Waals surface area contributed by atoms with Crippen LogP contribution in [0.2, 0.25) is 0 Å². The first-order valence-electron chi connectivity index (χ1n) is 6.70. The molecule has 0 aliphatic carbocycles. The summed E-state index contributed by atoms with van der Waals surface area (Å²) in [5.41, 5.74) is 1.81. The van der Waals surface area contributed by atoms with Crippen LogP contribution >= 0.6 is 11.3 Å². The van der Waals surface area contributed by atoms with Gasteiger partial charge in [-0.1, -0.05) is 13.0 Å². The molecule has 2 rings (SSSR count). The number of hydrogen-bond acceptors (Lipinski definition) is 3. The molecule has 0 saturated carbocycles. The van der Waals surface area contributed by atoms with Gasteiger partial charge in [0.05, 0.1) is 13.2 Å². The molecule has 108 valence electrons. The maximum atomic E-state index is 14.3. The van der Waals surface area contributed by atoms with Crippen LogP contribution in [0.5, 0.6) is 5.75 Å². The Morgan fingerprint density at radius 1 is 1.25 bits per heavy atom. The topological polar surface area (TPSA) is 21.3 Å². The van der Waals surface area contributed by atoms with Crippen LogP contribution in [0, 0.1) is 19.7 Å². The number of rotatable bonds is 5. The molecule has 0 fully saturated rings. The van der Waals surface area contributed by atoms with Gasteiger partial charge in [0, 0.05) is 21.4 Å². The number of ether oxygens (including phenoxy) is 1. The Labute approximate surface area is 123 Å². The van der Waals surface area contributed by atoms with Crippen molar-refractivity contribution in [2.45, 2.75) is 26.8 Å². The molecule has 0 spiro atoms. The predicted molar refractivity (Wildman–Crippen MR) is 82.3 cm³/mol. The van der Waals surface area contributed by atoms with Gasteiger partial charge in [0.15, 0.2) is 0 Å². The summed E-state index contributed by atoms with van der Waals surface area (Å²) in [7, 11) is 1.54. The highest BCUT2D eigenvalue weighted by atomic mass is 32.1. The molecule has 0 aliphatic heterocycles. The zero-order valence-corrected chi connectivity index (χ0v) is 13.1. The SMILES string of the molecule is CCNC(c1ccc(OC)cc1F)c1cc(C)sc1C. The molecule has 0 bridgehead atoms. The molecule has 1 N–H and O–H groups in total. The number of halogens is 1. The van der Waals surface area contributed by atoms with E-state index in [0.717, 1.165) is 12.1 Å². The third-order valence-corrected chi connectivity index (χ3v) is 4.30. The summed E-state index contributed by atoms with van der Waals surface area (Å²) < 4.78 is 19.4. The first kappa shape index (κ1) is 15.0. The fraction of sp³-hybridized carbons (Fsp3) is 0.375. The average molecular weight is 293 g/mol. The number of benzene rings is 1. The average Bonchev–Trinajstić information content (AvgIpc) is 2.75. The van der Waals surface area contributed by atoms with Crippen LogP contribution in [0.15, 0.2) is 24.3 Å². The molecule has 1 aromatic heterocycles. The zero-order valence-electron chi connectivity index (χ0n) is 12.3. The Hall–Kier alpha value is -1.39. The van der Waals surface area contributed by atoms with Crippen molar-refractivity contribution in [1.82, 2.24) is 5.32 Å². The minimum Gasteiger partial charge on any atom is -0.497 e. The van der Waals surface area contributed by atoms with Crippen LogP contribution in [0.4, 0.5) is 4.39 Å². The lowest BCUT2D eigenvalue weighted by atomic mass is 9.98. The number of hydrogen-bond donors (Lipinski definition) is 1. The Balaban J connectivity index is 2.45. The second-order valence-corrected chi connectivity index (χ2v) is 6.21. The molecule has 4 heteroatoms. The summed E-state index contributed by atoms with van der Waals surface area (Å²) in [6.45, 7) is 6.97. The van der Waals surface area contributed by atoms with Crippen molar-refractivity contribution in [1.29, 1.82) is 0 Å². The first-order chi connectivity index (χ1) is 9.56. The van der Waals surface area contributed by atoms with Crippen LogP contribution in [-0.2, 0) is 0 Å². The van der Waals surface area contributed by atoms with Crippen LogP contribution in [0.3, 0.4) is 0 Å². The molecule has 2 aromatic rings. The van der Waals surface area contributed by atoms with Gasteiger partial charge in [-0.15, -0.1) is 11.3 Å². The van der Waals surface area contributed by atoms with Crippen molar-refractivity contribution in [3.8, 4) is 5.75 Å². The summed E-state index contributed by atoms with van der Waals surface area (Å²) in [4.78, 5) is 2.47. The van der Waals surface area contributed by atoms with Crippen LogP contribution in [0.1, 0.15) is 33.8 Å². The summed E-state index contributed by atoms with van der Waals surface area (Å²) in [6, 6.07) is 7.06. The highest BCUT2D eigenvalue weighted by molar-refractivity contribution is 7.12. The van der Waals surface area contributed by atoms with Crippen molar-refractivity contribution in [3.63, 3.8) is 0 Å². The van der Waals surface area contributed by atoms with Gasteiger partial charge in [-0.05, 0) is 38.1 Å². The van der Waals surface area contributed by atoms with E-state index < -0.39 is 0 Å². The van der Waals surface area contributed by atoms with Crippen molar-refractivity contribution in [2.24, 2.45) is 0 Å². The molecule has 1 atom stereocenters. The zero-order chi connectivity index (χ0) is 14.7. The van der Waals surface area contributed by atoms with E-state index in [1.54, 1.807) is 30.6 Å². The van der Waals surface area contributed by atoms with E-state index in [9.17, 15) is 4.39 Å². The summed E-state index contributed by atoms with van der Waals surface area (Å²) in [5.74, 6) is 0.304. The largest absolute Gasteiger partial charge is 0.497 e. The monoisotopic (exact) mass is 293 g/mol. The molecule has 20 heavy (non-hydrogen) atoms. The van der Waals surface area contributed by atoms with E-state index in [0.29, 0.717) is 11.3 Å². The minimum absolute atomic E-state index is 0.115. The van der Waals surface area contributed by atoms with Crippen molar-refractivity contribution in [3.05, 3.63) is 51.0 Å². The van der Waals surface area contributed by atoms with E-state index in [-0.39, 0.29) is 11.9 Å². The Kier molecular flexibility index (Phi) is 4.78. The van der Waals surface area contributed by atoms with Crippen LogP contribution in [-0.4, -0.2) is 13.7 Å². The highest BCUT2D eigenvalue weighted by Gasteiger charge is 2.20. The van der Waals surface area contributed by atoms with E-state index >= 15 is 0 Å². The number of aryl methyl sites for hydroxylation is 2. The quantitative estimate of drug-likeness (QED) is 0.891. The third-order valence-electron chi connectivity index (χ3n) is 3.32. The highest BCUT2D eigenvalue weighted by Crippen LogP contribution is 2.32. The second-order valence-electron chi connectivity index (χ2n) is 4.75. The van der Waals surface area contributed by atoms with Gasteiger partial charge in [0.25, 0.3) is 0 Å². The van der Waals surface area contributed by atoms with Gasteiger partial charge in [-0.3, -0.25) is 0 Å². The normalized spacial score (nSPS) is 12.4. The molecule has 0 aliphatic rings. The van der Waals surface area contributed by atoms with Crippen molar-refractivity contribution in [2.75, 3.05) is 13.7 Å².